The van der Waals surface area contributed by atoms with E-state index < -0.39 is 0 Å². The van der Waals surface area contributed by atoms with Gasteiger partial charge < -0.3 is 14.2 Å². The first kappa shape index (κ1) is 17.6. The van der Waals surface area contributed by atoms with Crippen molar-refractivity contribution >= 4 is 5.82 Å². The Kier molecular flexibility index (Phi) is 5.41. The van der Waals surface area contributed by atoms with Crippen LogP contribution in [-0.4, -0.2) is 53.4 Å². The lowest BCUT2D eigenvalue weighted by Gasteiger charge is -2.24. The molecule has 0 unspecified atom stereocenters. The summed E-state index contributed by atoms with van der Waals surface area (Å²) in [5.74, 6) is 2.10. The van der Waals surface area contributed by atoms with Gasteiger partial charge in [-0.25, -0.2) is 4.98 Å². The average Bonchev–Trinajstić information content (AvgIpc) is 3.18. The number of rotatable bonds is 6. The van der Waals surface area contributed by atoms with E-state index in [0.717, 1.165) is 44.2 Å². The maximum atomic E-state index is 5.40. The van der Waals surface area contributed by atoms with Gasteiger partial charge in [-0.2, -0.15) is 4.98 Å². The Morgan fingerprint density at radius 3 is 2.63 bits per heavy atom. The van der Waals surface area contributed by atoms with Gasteiger partial charge >= 0.3 is 0 Å². The van der Waals surface area contributed by atoms with E-state index in [-0.39, 0.29) is 0 Å². The Hall–Kier alpha value is -2.77. The quantitative estimate of drug-likeness (QED) is 0.665. The third kappa shape index (κ3) is 4.50. The third-order valence-corrected chi connectivity index (χ3v) is 4.59. The van der Waals surface area contributed by atoms with Crippen LogP contribution in [0.4, 0.5) is 5.82 Å². The standard InChI is InChI=1S/C20H23N5O2/c1-24(14-16-5-3-2-4-6-16)18-8-7-17(13-21-18)20-22-19(27-23-20)15-25-9-11-26-12-10-25/h2-8,13H,9-12,14-15H2,1H3. The SMILES string of the molecule is CN(Cc1ccccc1)c1ccc(-c2noc(CN3CCOCC3)n2)cn1. The molecule has 140 valence electrons. The zero-order chi connectivity index (χ0) is 18.5. The van der Waals surface area contributed by atoms with E-state index in [0.29, 0.717) is 18.3 Å². The summed E-state index contributed by atoms with van der Waals surface area (Å²) < 4.78 is 10.8. The lowest BCUT2D eigenvalue weighted by Crippen LogP contribution is -2.35. The van der Waals surface area contributed by atoms with Crippen molar-refractivity contribution < 1.29 is 9.26 Å². The van der Waals surface area contributed by atoms with Gasteiger partial charge in [0.05, 0.1) is 19.8 Å². The van der Waals surface area contributed by atoms with Crippen LogP contribution in [0.15, 0.2) is 53.2 Å². The van der Waals surface area contributed by atoms with Crippen molar-refractivity contribution in [2.24, 2.45) is 0 Å². The molecule has 27 heavy (non-hydrogen) atoms. The van der Waals surface area contributed by atoms with Gasteiger partial charge in [0, 0.05) is 38.4 Å². The van der Waals surface area contributed by atoms with Crippen molar-refractivity contribution in [2.75, 3.05) is 38.3 Å². The number of aromatic nitrogens is 3. The van der Waals surface area contributed by atoms with Crippen LogP contribution in [0.25, 0.3) is 11.4 Å². The summed E-state index contributed by atoms with van der Waals surface area (Å²) >= 11 is 0. The van der Waals surface area contributed by atoms with E-state index in [1.54, 1.807) is 6.20 Å². The van der Waals surface area contributed by atoms with Gasteiger partial charge in [0.25, 0.3) is 0 Å². The second kappa shape index (κ2) is 8.28. The van der Waals surface area contributed by atoms with Crippen LogP contribution in [0.1, 0.15) is 11.5 Å². The molecule has 4 rings (SSSR count). The molecule has 1 fully saturated rings. The zero-order valence-corrected chi connectivity index (χ0v) is 15.4. The fourth-order valence-electron chi connectivity index (χ4n) is 3.07. The summed E-state index contributed by atoms with van der Waals surface area (Å²) in [6.07, 6.45) is 1.79. The maximum Gasteiger partial charge on any atom is 0.241 e. The van der Waals surface area contributed by atoms with Gasteiger partial charge in [-0.1, -0.05) is 35.5 Å². The number of ether oxygens (including phenoxy) is 1. The topological polar surface area (TPSA) is 67.5 Å². The second-order valence-electron chi connectivity index (χ2n) is 6.65. The molecule has 0 amide bonds. The van der Waals surface area contributed by atoms with Crippen LogP contribution < -0.4 is 4.90 Å². The summed E-state index contributed by atoms with van der Waals surface area (Å²) in [7, 11) is 2.03. The van der Waals surface area contributed by atoms with E-state index in [4.69, 9.17) is 9.26 Å². The van der Waals surface area contributed by atoms with E-state index in [1.807, 2.05) is 37.4 Å². The highest BCUT2D eigenvalue weighted by molar-refractivity contribution is 5.55. The van der Waals surface area contributed by atoms with Gasteiger partial charge in [-0.3, -0.25) is 4.90 Å². The fourth-order valence-corrected chi connectivity index (χ4v) is 3.07. The van der Waals surface area contributed by atoms with Crippen molar-refractivity contribution in [3.05, 3.63) is 60.1 Å². The zero-order valence-electron chi connectivity index (χ0n) is 15.4. The molecule has 1 aromatic carbocycles. The molecule has 1 saturated heterocycles. The van der Waals surface area contributed by atoms with Gasteiger partial charge in [-0.05, 0) is 17.7 Å². The highest BCUT2D eigenvalue weighted by Gasteiger charge is 2.16. The number of anilines is 1. The molecule has 0 saturated carbocycles. The predicted molar refractivity (Wildman–Crippen MR) is 102 cm³/mol. The molecule has 0 N–H and O–H groups in total. The predicted octanol–water partition coefficient (Wildman–Crippen LogP) is 2.60. The molecular weight excluding hydrogens is 342 g/mol. The minimum atomic E-state index is 0.572. The lowest BCUT2D eigenvalue weighted by molar-refractivity contribution is 0.0297. The Morgan fingerprint density at radius 1 is 1.07 bits per heavy atom. The molecule has 0 aliphatic carbocycles. The molecule has 2 aromatic heterocycles. The van der Waals surface area contributed by atoms with Gasteiger partial charge in [0.15, 0.2) is 0 Å². The van der Waals surface area contributed by atoms with E-state index >= 15 is 0 Å². The van der Waals surface area contributed by atoms with Crippen LogP contribution in [0.2, 0.25) is 0 Å². The third-order valence-electron chi connectivity index (χ3n) is 4.59. The van der Waals surface area contributed by atoms with Crippen LogP contribution in [-0.2, 0) is 17.8 Å². The minimum Gasteiger partial charge on any atom is -0.379 e. The number of hydrogen-bond donors (Lipinski definition) is 0. The molecule has 3 aromatic rings. The molecule has 3 heterocycles. The summed E-state index contributed by atoms with van der Waals surface area (Å²) in [4.78, 5) is 13.4. The van der Waals surface area contributed by atoms with Gasteiger partial charge in [0.2, 0.25) is 11.7 Å². The molecule has 7 nitrogen and oxygen atoms in total. The Labute approximate surface area is 158 Å². The number of benzene rings is 1. The first-order valence-corrected chi connectivity index (χ1v) is 9.12. The maximum absolute atomic E-state index is 5.40. The highest BCUT2D eigenvalue weighted by Crippen LogP contribution is 2.19. The van der Waals surface area contributed by atoms with Gasteiger partial charge in [0.1, 0.15) is 5.82 Å². The minimum absolute atomic E-state index is 0.572. The number of morpholine rings is 1. The van der Waals surface area contributed by atoms with Crippen molar-refractivity contribution in [3.8, 4) is 11.4 Å². The smallest absolute Gasteiger partial charge is 0.241 e. The number of pyridine rings is 1. The fraction of sp³-hybridized carbons (Fsp3) is 0.350. The van der Waals surface area contributed by atoms with Crippen LogP contribution in [0.3, 0.4) is 0 Å². The lowest BCUT2D eigenvalue weighted by atomic mass is 10.2. The molecule has 0 radical (unpaired) electrons. The first-order valence-electron chi connectivity index (χ1n) is 9.12. The Balaban J connectivity index is 1.40. The highest BCUT2D eigenvalue weighted by atomic mass is 16.5. The van der Waals surface area contributed by atoms with Crippen LogP contribution in [0.5, 0.6) is 0 Å². The van der Waals surface area contributed by atoms with Crippen molar-refractivity contribution in [1.29, 1.82) is 0 Å². The van der Waals surface area contributed by atoms with Gasteiger partial charge in [-0.15, -0.1) is 0 Å². The molecule has 0 bridgehead atoms. The largest absolute Gasteiger partial charge is 0.379 e. The Bertz CT molecular complexity index is 844. The molecular formula is C20H23N5O2. The van der Waals surface area contributed by atoms with Crippen LogP contribution in [0, 0.1) is 0 Å². The normalized spacial score (nSPS) is 15.0. The molecule has 1 aliphatic heterocycles. The van der Waals surface area contributed by atoms with E-state index in [1.165, 1.54) is 5.56 Å². The first-order chi connectivity index (χ1) is 13.3. The summed E-state index contributed by atoms with van der Waals surface area (Å²) in [5.41, 5.74) is 2.10. The van der Waals surface area contributed by atoms with Crippen molar-refractivity contribution in [2.45, 2.75) is 13.1 Å². The van der Waals surface area contributed by atoms with Crippen LogP contribution >= 0.6 is 0 Å². The summed E-state index contributed by atoms with van der Waals surface area (Å²) in [6, 6.07) is 14.3. The van der Waals surface area contributed by atoms with E-state index in [9.17, 15) is 0 Å². The molecule has 1 aliphatic rings. The molecule has 0 spiro atoms. The monoisotopic (exact) mass is 365 g/mol. The molecule has 7 heteroatoms. The second-order valence-corrected chi connectivity index (χ2v) is 6.65. The molecule has 0 atom stereocenters. The average molecular weight is 365 g/mol. The Morgan fingerprint density at radius 2 is 1.89 bits per heavy atom. The van der Waals surface area contributed by atoms with Crippen molar-refractivity contribution in [3.63, 3.8) is 0 Å². The van der Waals surface area contributed by atoms with E-state index in [2.05, 4.69) is 37.1 Å². The number of hydrogen-bond acceptors (Lipinski definition) is 7. The summed E-state index contributed by atoms with van der Waals surface area (Å²) in [6.45, 7) is 4.75. The summed E-state index contributed by atoms with van der Waals surface area (Å²) in [5, 5.41) is 4.10. The van der Waals surface area contributed by atoms with Crippen molar-refractivity contribution in [1.82, 2.24) is 20.0 Å². The number of nitrogens with zero attached hydrogens (tertiary/aromatic N) is 5.